The van der Waals surface area contributed by atoms with E-state index in [9.17, 15) is 0 Å². The first-order valence-electron chi connectivity index (χ1n) is 5.44. The highest BCUT2D eigenvalue weighted by Crippen LogP contribution is 2.27. The Labute approximate surface area is 99.2 Å². The summed E-state index contributed by atoms with van der Waals surface area (Å²) < 4.78 is 0. The molecule has 17 heavy (non-hydrogen) atoms. The van der Waals surface area contributed by atoms with Crippen molar-refractivity contribution in [3.63, 3.8) is 0 Å². The van der Waals surface area contributed by atoms with Crippen LogP contribution in [-0.4, -0.2) is 15.0 Å². The van der Waals surface area contributed by atoms with E-state index in [0.29, 0.717) is 0 Å². The molecule has 0 aliphatic carbocycles. The number of aromatic amines is 1. The highest BCUT2D eigenvalue weighted by atomic mass is 14.9. The van der Waals surface area contributed by atoms with Crippen LogP contribution in [0.4, 0.5) is 0 Å². The fourth-order valence-electron chi connectivity index (χ4n) is 1.84. The molecular weight excluding hydrogens is 210 g/mol. The zero-order valence-electron chi connectivity index (χ0n) is 9.17. The van der Waals surface area contributed by atoms with Crippen molar-refractivity contribution in [1.29, 1.82) is 0 Å². The minimum Gasteiger partial charge on any atom is -0.344 e. The normalized spacial score (nSPS) is 10.4. The lowest BCUT2D eigenvalue weighted by Crippen LogP contribution is -1.84. The van der Waals surface area contributed by atoms with Crippen LogP contribution in [0, 0.1) is 0 Å². The fourth-order valence-corrected chi connectivity index (χ4v) is 1.84. The maximum atomic E-state index is 4.37. The molecule has 82 valence electrons. The molecule has 2 aromatic heterocycles. The summed E-state index contributed by atoms with van der Waals surface area (Å²) in [6.07, 6.45) is 5.30. The summed E-state index contributed by atoms with van der Waals surface area (Å²) in [5.41, 5.74) is 4.11. The molecule has 1 aromatic carbocycles. The molecule has 3 rings (SSSR count). The van der Waals surface area contributed by atoms with Gasteiger partial charge in [-0.15, -0.1) is 0 Å². The van der Waals surface area contributed by atoms with Crippen molar-refractivity contribution in [2.24, 2.45) is 0 Å². The zero-order valence-corrected chi connectivity index (χ0v) is 9.17. The van der Waals surface area contributed by atoms with Gasteiger partial charge in [0.1, 0.15) is 0 Å². The van der Waals surface area contributed by atoms with Crippen LogP contribution < -0.4 is 0 Å². The first-order chi connectivity index (χ1) is 8.45. The molecule has 0 fully saturated rings. The Morgan fingerprint density at radius 1 is 0.882 bits per heavy atom. The number of benzene rings is 1. The number of pyridine rings is 1. The molecule has 0 radical (unpaired) electrons. The number of hydrogen-bond acceptors (Lipinski definition) is 2. The van der Waals surface area contributed by atoms with Gasteiger partial charge >= 0.3 is 0 Å². The van der Waals surface area contributed by atoms with Crippen LogP contribution in [0.3, 0.4) is 0 Å². The van der Waals surface area contributed by atoms with E-state index >= 15 is 0 Å². The lowest BCUT2D eigenvalue weighted by Gasteiger charge is -2.02. The molecular formula is C14H11N3. The average molecular weight is 221 g/mol. The van der Waals surface area contributed by atoms with E-state index < -0.39 is 0 Å². The van der Waals surface area contributed by atoms with E-state index in [1.54, 1.807) is 12.5 Å². The summed E-state index contributed by atoms with van der Waals surface area (Å²) in [5.74, 6) is 0. The molecule has 0 amide bonds. The first-order valence-corrected chi connectivity index (χ1v) is 5.44. The molecule has 1 N–H and O–H groups in total. The summed E-state index contributed by atoms with van der Waals surface area (Å²) in [7, 11) is 0. The van der Waals surface area contributed by atoms with Crippen LogP contribution in [0.5, 0.6) is 0 Å². The molecule has 3 heteroatoms. The number of imidazole rings is 1. The second kappa shape index (κ2) is 4.22. The Morgan fingerprint density at radius 3 is 2.47 bits per heavy atom. The van der Waals surface area contributed by atoms with Gasteiger partial charge in [0.2, 0.25) is 0 Å². The van der Waals surface area contributed by atoms with Crippen molar-refractivity contribution >= 4 is 0 Å². The number of H-pyrrole nitrogens is 1. The summed E-state index contributed by atoms with van der Waals surface area (Å²) in [6, 6.07) is 14.1. The predicted octanol–water partition coefficient (Wildman–Crippen LogP) is 3.14. The third-order valence-corrected chi connectivity index (χ3v) is 2.64. The largest absolute Gasteiger partial charge is 0.344 e. The molecule has 0 atom stereocenters. The highest BCUT2D eigenvalue weighted by Gasteiger charge is 2.09. The van der Waals surface area contributed by atoms with Crippen molar-refractivity contribution in [3.05, 3.63) is 61.2 Å². The lowest BCUT2D eigenvalue weighted by atomic mass is 10.1. The minimum absolute atomic E-state index is 0.935. The van der Waals surface area contributed by atoms with Gasteiger partial charge in [0.15, 0.2) is 0 Å². The van der Waals surface area contributed by atoms with E-state index in [1.165, 1.54) is 0 Å². The summed E-state index contributed by atoms with van der Waals surface area (Å²) in [4.78, 5) is 11.7. The van der Waals surface area contributed by atoms with Gasteiger partial charge in [-0.3, -0.25) is 4.98 Å². The number of aromatic nitrogens is 3. The third kappa shape index (κ3) is 1.83. The lowest BCUT2D eigenvalue weighted by molar-refractivity contribution is 1.29. The molecule has 0 aliphatic rings. The minimum atomic E-state index is 0.935. The highest BCUT2D eigenvalue weighted by molar-refractivity contribution is 5.77. The Kier molecular flexibility index (Phi) is 2.43. The molecule has 0 saturated heterocycles. The SMILES string of the molecule is c1ccc(-c2[nH]cnc2-c2cccnc2)cc1. The van der Waals surface area contributed by atoms with Gasteiger partial charge in [-0.25, -0.2) is 4.98 Å². The molecule has 0 bridgehead atoms. The summed E-state index contributed by atoms with van der Waals surface area (Å²) in [6.45, 7) is 0. The van der Waals surface area contributed by atoms with Gasteiger partial charge in [0.25, 0.3) is 0 Å². The van der Waals surface area contributed by atoms with Gasteiger partial charge in [-0.2, -0.15) is 0 Å². The van der Waals surface area contributed by atoms with Crippen LogP contribution in [0.25, 0.3) is 22.5 Å². The van der Waals surface area contributed by atoms with Crippen molar-refractivity contribution in [3.8, 4) is 22.5 Å². The molecule has 0 aliphatic heterocycles. The number of hydrogen-bond donors (Lipinski definition) is 1. The van der Waals surface area contributed by atoms with E-state index in [1.807, 2.05) is 36.5 Å². The molecule has 3 aromatic rings. The van der Waals surface area contributed by atoms with Crippen molar-refractivity contribution in [2.75, 3.05) is 0 Å². The monoisotopic (exact) mass is 221 g/mol. The fraction of sp³-hybridized carbons (Fsp3) is 0. The first kappa shape index (κ1) is 9.78. The maximum absolute atomic E-state index is 4.37. The van der Waals surface area contributed by atoms with Crippen LogP contribution in [0.1, 0.15) is 0 Å². The van der Waals surface area contributed by atoms with E-state index in [2.05, 4.69) is 27.1 Å². The zero-order chi connectivity index (χ0) is 11.5. The third-order valence-electron chi connectivity index (χ3n) is 2.64. The second-order valence-corrected chi connectivity index (χ2v) is 3.73. The van der Waals surface area contributed by atoms with Crippen molar-refractivity contribution in [2.45, 2.75) is 0 Å². The van der Waals surface area contributed by atoms with Gasteiger partial charge in [-0.05, 0) is 12.1 Å². The smallest absolute Gasteiger partial charge is 0.0976 e. The second-order valence-electron chi connectivity index (χ2n) is 3.73. The standard InChI is InChI=1S/C14H11N3/c1-2-5-11(6-3-1)13-14(17-10-16-13)12-7-4-8-15-9-12/h1-10H,(H,16,17). The topological polar surface area (TPSA) is 41.6 Å². The molecule has 0 saturated carbocycles. The van der Waals surface area contributed by atoms with Crippen LogP contribution in [0.2, 0.25) is 0 Å². The van der Waals surface area contributed by atoms with Gasteiger partial charge < -0.3 is 4.98 Å². The van der Waals surface area contributed by atoms with E-state index in [-0.39, 0.29) is 0 Å². The maximum Gasteiger partial charge on any atom is 0.0976 e. The van der Waals surface area contributed by atoms with Crippen molar-refractivity contribution < 1.29 is 0 Å². The predicted molar refractivity (Wildman–Crippen MR) is 67.3 cm³/mol. The molecule has 3 nitrogen and oxygen atoms in total. The number of nitrogens with one attached hydrogen (secondary N) is 1. The average Bonchev–Trinajstić information content (AvgIpc) is 2.90. The summed E-state index contributed by atoms with van der Waals surface area (Å²) in [5, 5.41) is 0. The Morgan fingerprint density at radius 2 is 1.71 bits per heavy atom. The Bertz CT molecular complexity index is 546. The number of rotatable bonds is 2. The van der Waals surface area contributed by atoms with Gasteiger partial charge in [-0.1, -0.05) is 30.3 Å². The van der Waals surface area contributed by atoms with Gasteiger partial charge in [0.05, 0.1) is 17.7 Å². The van der Waals surface area contributed by atoms with Crippen molar-refractivity contribution in [1.82, 2.24) is 15.0 Å². The number of nitrogens with zero attached hydrogens (tertiary/aromatic N) is 2. The summed E-state index contributed by atoms with van der Waals surface area (Å²) >= 11 is 0. The van der Waals surface area contributed by atoms with Crippen LogP contribution in [-0.2, 0) is 0 Å². The van der Waals surface area contributed by atoms with Crippen LogP contribution >= 0.6 is 0 Å². The Balaban J connectivity index is 2.13. The van der Waals surface area contributed by atoms with E-state index in [0.717, 1.165) is 22.5 Å². The molecule has 2 heterocycles. The molecule has 0 unspecified atom stereocenters. The van der Waals surface area contributed by atoms with Crippen LogP contribution in [0.15, 0.2) is 61.2 Å². The van der Waals surface area contributed by atoms with E-state index in [4.69, 9.17) is 0 Å². The quantitative estimate of drug-likeness (QED) is 0.722. The van der Waals surface area contributed by atoms with Gasteiger partial charge in [0, 0.05) is 23.5 Å². The molecule has 0 spiro atoms. The Hall–Kier alpha value is -2.42.